The average Bonchev–Trinajstić information content (AvgIpc) is 3.34. The van der Waals surface area contributed by atoms with Crippen LogP contribution in [0, 0.1) is 0 Å². The Bertz CT molecular complexity index is 687. The number of halogens is 2. The predicted molar refractivity (Wildman–Crippen MR) is 97.0 cm³/mol. The van der Waals surface area contributed by atoms with E-state index in [4.69, 9.17) is 9.39 Å². The fourth-order valence-corrected chi connectivity index (χ4v) is 2.10. The van der Waals surface area contributed by atoms with Crippen molar-refractivity contribution in [3.8, 4) is 11.5 Å². The number of benzene rings is 1. The van der Waals surface area contributed by atoms with Crippen LogP contribution in [0.25, 0.3) is 0 Å². The van der Waals surface area contributed by atoms with Crippen LogP contribution in [0.4, 0.5) is 8.78 Å². The number of hydrogen-bond acceptors (Lipinski definition) is 5. The van der Waals surface area contributed by atoms with Crippen LogP contribution in [-0.4, -0.2) is 49.5 Å². The van der Waals surface area contributed by atoms with E-state index in [1.807, 2.05) is 0 Å². The Morgan fingerprint density at radius 1 is 1.26 bits per heavy atom. The van der Waals surface area contributed by atoms with E-state index < -0.39 is 23.7 Å². The smallest absolute Gasteiger partial charge is 0.387 e. The highest BCUT2D eigenvalue weighted by molar-refractivity contribution is 6.47. The lowest BCUT2D eigenvalue weighted by molar-refractivity contribution is -0.0893. The highest BCUT2D eigenvalue weighted by atomic mass is 19.3. The molecule has 1 aliphatic rings. The van der Waals surface area contributed by atoms with Crippen LogP contribution in [0.5, 0.6) is 11.5 Å². The molecule has 149 valence electrons. The Hall–Kier alpha value is -1.87. The van der Waals surface area contributed by atoms with E-state index in [1.165, 1.54) is 26.7 Å². The summed E-state index contributed by atoms with van der Waals surface area (Å²) in [5, 5.41) is 12.9. The number of carbonyl (C=O) groups is 1. The van der Waals surface area contributed by atoms with Crippen LogP contribution in [0.3, 0.4) is 0 Å². The third-order valence-corrected chi connectivity index (χ3v) is 4.63. The van der Waals surface area contributed by atoms with E-state index in [-0.39, 0.29) is 23.1 Å². The Labute approximate surface area is 158 Å². The molecule has 0 saturated heterocycles. The van der Waals surface area contributed by atoms with Gasteiger partial charge in [0.2, 0.25) is 0 Å². The minimum atomic E-state index is -3.11. The molecule has 0 unspecified atom stereocenters. The molecule has 0 aromatic heterocycles. The molecule has 1 fully saturated rings. The van der Waals surface area contributed by atoms with Crippen LogP contribution < -0.4 is 20.3 Å². The summed E-state index contributed by atoms with van der Waals surface area (Å²) < 4.78 is 41.1. The highest BCUT2D eigenvalue weighted by Gasteiger charge is 2.36. The quantitative estimate of drug-likeness (QED) is 0.637. The second kappa shape index (κ2) is 8.02. The molecule has 1 aliphatic carbocycles. The molecule has 1 aromatic carbocycles. The van der Waals surface area contributed by atoms with Crippen molar-refractivity contribution in [1.82, 2.24) is 5.32 Å². The van der Waals surface area contributed by atoms with E-state index in [2.05, 4.69) is 10.1 Å². The van der Waals surface area contributed by atoms with E-state index in [1.54, 1.807) is 27.7 Å². The molecular weight excluding hydrogens is 359 g/mol. The summed E-state index contributed by atoms with van der Waals surface area (Å²) in [4.78, 5) is 12.4. The van der Waals surface area contributed by atoms with Crippen LogP contribution in [0.1, 0.15) is 50.9 Å². The molecule has 1 amide bonds. The number of methoxy groups -OCH3 is 1. The summed E-state index contributed by atoms with van der Waals surface area (Å²) in [7, 11) is 2.64. The summed E-state index contributed by atoms with van der Waals surface area (Å²) in [6.07, 6.45) is 1.70. The number of aliphatic hydroxyl groups is 1. The zero-order valence-electron chi connectivity index (χ0n) is 16.1. The van der Waals surface area contributed by atoms with Crippen LogP contribution in [0.2, 0.25) is 0 Å². The van der Waals surface area contributed by atoms with Gasteiger partial charge >= 0.3 is 14.1 Å². The summed E-state index contributed by atoms with van der Waals surface area (Å²) in [6, 6.07) is 2.81. The second-order valence-electron chi connectivity index (χ2n) is 7.53. The van der Waals surface area contributed by atoms with Gasteiger partial charge in [-0.3, -0.25) is 4.79 Å². The van der Waals surface area contributed by atoms with Crippen molar-refractivity contribution in [2.24, 2.45) is 0 Å². The maximum Gasteiger partial charge on any atom is 0.387 e. The highest BCUT2D eigenvalue weighted by Crippen LogP contribution is 2.31. The first-order valence-electron chi connectivity index (χ1n) is 8.65. The SMILES string of the molecule is COc1cc([B]OC(C)(C)C(C)(C)O)cc(OC(F)F)c1C(=O)NC1CC1. The van der Waals surface area contributed by atoms with Crippen LogP contribution in [-0.2, 0) is 4.65 Å². The summed E-state index contributed by atoms with van der Waals surface area (Å²) >= 11 is 0. The predicted octanol–water partition coefficient (Wildman–Crippen LogP) is 2.00. The summed E-state index contributed by atoms with van der Waals surface area (Å²) in [6.45, 7) is 3.46. The molecular formula is C18H25BF2NO5. The van der Waals surface area contributed by atoms with Gasteiger partial charge in [-0.25, -0.2) is 0 Å². The average molecular weight is 384 g/mol. The Morgan fingerprint density at radius 2 is 1.85 bits per heavy atom. The number of carbonyl (C=O) groups excluding carboxylic acids is 1. The van der Waals surface area contributed by atoms with E-state index >= 15 is 0 Å². The number of ether oxygens (including phenoxy) is 2. The van der Waals surface area contributed by atoms with Gasteiger partial charge in [-0.05, 0) is 58.1 Å². The largest absolute Gasteiger partial charge is 0.496 e. The molecule has 6 nitrogen and oxygen atoms in total. The first-order chi connectivity index (χ1) is 12.4. The van der Waals surface area contributed by atoms with Gasteiger partial charge in [0.25, 0.3) is 5.91 Å². The Balaban J connectivity index is 2.32. The topological polar surface area (TPSA) is 77.0 Å². The molecule has 1 saturated carbocycles. The molecule has 0 atom stereocenters. The molecule has 0 bridgehead atoms. The molecule has 2 N–H and O–H groups in total. The minimum absolute atomic E-state index is 0.0452. The third kappa shape index (κ3) is 5.56. The van der Waals surface area contributed by atoms with E-state index in [0.717, 1.165) is 12.8 Å². The van der Waals surface area contributed by atoms with Crippen molar-refractivity contribution < 1.29 is 32.8 Å². The van der Waals surface area contributed by atoms with E-state index in [9.17, 15) is 18.7 Å². The molecule has 2 rings (SSSR count). The fraction of sp³-hybridized carbons (Fsp3) is 0.611. The van der Waals surface area contributed by atoms with Gasteiger partial charge in [0.1, 0.15) is 17.1 Å². The molecule has 0 aliphatic heterocycles. The van der Waals surface area contributed by atoms with Crippen LogP contribution >= 0.6 is 0 Å². The van der Waals surface area contributed by atoms with Crippen molar-refractivity contribution in [3.05, 3.63) is 17.7 Å². The molecule has 0 spiro atoms. The van der Waals surface area contributed by atoms with Crippen molar-refractivity contribution in [2.75, 3.05) is 7.11 Å². The van der Waals surface area contributed by atoms with Gasteiger partial charge in [-0.2, -0.15) is 8.78 Å². The van der Waals surface area contributed by atoms with Crippen molar-refractivity contribution in [1.29, 1.82) is 0 Å². The number of nitrogens with one attached hydrogen (secondary N) is 1. The Kier molecular flexibility index (Phi) is 6.37. The minimum Gasteiger partial charge on any atom is -0.496 e. The van der Waals surface area contributed by atoms with Gasteiger partial charge in [-0.15, -0.1) is 0 Å². The zero-order chi connectivity index (χ0) is 20.4. The summed E-state index contributed by atoms with van der Waals surface area (Å²) in [5.74, 6) is -0.755. The fourth-order valence-electron chi connectivity index (χ4n) is 2.10. The van der Waals surface area contributed by atoms with Crippen molar-refractivity contribution in [2.45, 2.75) is 64.4 Å². The lowest BCUT2D eigenvalue weighted by Crippen LogP contribution is -2.49. The van der Waals surface area contributed by atoms with Gasteiger partial charge < -0.3 is 24.6 Å². The van der Waals surface area contributed by atoms with Gasteiger partial charge in [0.05, 0.1) is 18.3 Å². The first-order valence-corrected chi connectivity index (χ1v) is 8.65. The van der Waals surface area contributed by atoms with Crippen molar-refractivity contribution >= 4 is 18.9 Å². The number of alkyl halides is 2. The monoisotopic (exact) mass is 384 g/mol. The summed E-state index contributed by atoms with van der Waals surface area (Å²) in [5.41, 5.74) is -1.85. The molecule has 1 aromatic rings. The molecule has 0 heterocycles. The normalized spacial score (nSPS) is 14.9. The van der Waals surface area contributed by atoms with Gasteiger partial charge in [0, 0.05) is 6.04 Å². The number of rotatable bonds is 9. The van der Waals surface area contributed by atoms with Crippen molar-refractivity contribution in [3.63, 3.8) is 0 Å². The van der Waals surface area contributed by atoms with Gasteiger partial charge in [-0.1, -0.05) is 0 Å². The zero-order valence-corrected chi connectivity index (χ0v) is 16.1. The maximum absolute atomic E-state index is 12.9. The Morgan fingerprint density at radius 3 is 2.33 bits per heavy atom. The first kappa shape index (κ1) is 21.4. The molecule has 9 heteroatoms. The van der Waals surface area contributed by atoms with Crippen LogP contribution in [0.15, 0.2) is 12.1 Å². The van der Waals surface area contributed by atoms with E-state index in [0.29, 0.717) is 5.46 Å². The lowest BCUT2D eigenvalue weighted by atomic mass is 9.82. The molecule has 1 radical (unpaired) electrons. The standard InChI is InChI=1S/C18H25BF2NO5/c1-17(2,24)18(3,4)27-19-10-8-12(25-5)14(13(9-10)26-16(20)21)15(23)22-11-6-7-11/h8-9,11,16,24H,6-7H2,1-5H3,(H,22,23). The third-order valence-electron chi connectivity index (χ3n) is 4.63. The van der Waals surface area contributed by atoms with Gasteiger partial charge in [0.15, 0.2) is 0 Å². The second-order valence-corrected chi connectivity index (χ2v) is 7.53. The maximum atomic E-state index is 12.9. The number of amides is 1. The number of hydrogen-bond donors (Lipinski definition) is 2. The molecule has 27 heavy (non-hydrogen) atoms. The lowest BCUT2D eigenvalue weighted by Gasteiger charge is -2.37.